The Labute approximate surface area is 139 Å². The van der Waals surface area contributed by atoms with Gasteiger partial charge in [-0.05, 0) is 61.8 Å². The highest BCUT2D eigenvalue weighted by Gasteiger charge is 2.07. The first kappa shape index (κ1) is 18.9. The van der Waals surface area contributed by atoms with Gasteiger partial charge in [0, 0.05) is 16.7 Å². The number of hydrogen-bond donors (Lipinski definition) is 3. The predicted octanol–water partition coefficient (Wildman–Crippen LogP) is 3.15. The summed E-state index contributed by atoms with van der Waals surface area (Å²) in [7, 11) is 0. The van der Waals surface area contributed by atoms with Crippen LogP contribution in [0.3, 0.4) is 0 Å². The molecule has 3 N–H and O–H groups in total. The molecule has 6 heteroatoms. The van der Waals surface area contributed by atoms with E-state index in [1.54, 1.807) is 18.2 Å². The van der Waals surface area contributed by atoms with Crippen molar-refractivity contribution in [1.29, 1.82) is 0 Å². The van der Waals surface area contributed by atoms with Crippen LogP contribution >= 0.6 is 0 Å². The molecule has 0 heterocycles. The average molecular weight is 330 g/mol. The van der Waals surface area contributed by atoms with E-state index in [1.807, 2.05) is 0 Å². The molecule has 0 saturated heterocycles. The van der Waals surface area contributed by atoms with E-state index in [2.05, 4.69) is 0 Å². The van der Waals surface area contributed by atoms with Crippen LogP contribution in [0.1, 0.15) is 37.5 Å². The van der Waals surface area contributed by atoms with E-state index in [1.165, 1.54) is 39.0 Å². The van der Waals surface area contributed by atoms with E-state index in [0.717, 1.165) is 0 Å². The number of carbonyl (C=O) groups is 3. The maximum absolute atomic E-state index is 11.0. The molecule has 0 aliphatic rings. The summed E-state index contributed by atoms with van der Waals surface area (Å²) in [4.78, 5) is 32.9. The minimum Gasteiger partial charge on any atom is -0.478 e. The van der Waals surface area contributed by atoms with E-state index in [4.69, 9.17) is 15.3 Å². The molecule has 0 saturated carbocycles. The van der Waals surface area contributed by atoms with E-state index in [9.17, 15) is 14.4 Å². The standard InChI is InChI=1S/C18H18O6/c1-10(16(19)20)6-13-4-5-14(7-11(2)17(21)22)15(9-13)8-12(3)18(23)24/h4-9H,1-3H3,(H,19,20)(H,21,22)(H,23,24)/b10-6+,11-7+,12-8+. The normalized spacial score (nSPS) is 12.9. The van der Waals surface area contributed by atoms with Gasteiger partial charge in [-0.3, -0.25) is 0 Å². The zero-order chi connectivity index (χ0) is 18.4. The molecule has 24 heavy (non-hydrogen) atoms. The molecule has 0 radical (unpaired) electrons. The van der Waals surface area contributed by atoms with Gasteiger partial charge in [-0.2, -0.15) is 0 Å². The van der Waals surface area contributed by atoms with Gasteiger partial charge in [0.15, 0.2) is 0 Å². The Morgan fingerprint density at radius 1 is 0.708 bits per heavy atom. The monoisotopic (exact) mass is 330 g/mol. The van der Waals surface area contributed by atoms with Crippen LogP contribution in [0.25, 0.3) is 18.2 Å². The van der Waals surface area contributed by atoms with Gasteiger partial charge in [0.05, 0.1) is 0 Å². The zero-order valence-electron chi connectivity index (χ0n) is 13.5. The highest BCUT2D eigenvalue weighted by Crippen LogP contribution is 2.21. The van der Waals surface area contributed by atoms with Crippen molar-refractivity contribution >= 4 is 36.1 Å². The molecule has 0 aliphatic heterocycles. The third-order valence-electron chi connectivity index (χ3n) is 3.25. The summed E-state index contributed by atoms with van der Waals surface area (Å²) in [5.41, 5.74) is 1.90. The smallest absolute Gasteiger partial charge is 0.331 e. The molecule has 0 aliphatic carbocycles. The van der Waals surface area contributed by atoms with Crippen molar-refractivity contribution in [3.63, 3.8) is 0 Å². The largest absolute Gasteiger partial charge is 0.478 e. The van der Waals surface area contributed by atoms with Crippen LogP contribution in [0.4, 0.5) is 0 Å². The van der Waals surface area contributed by atoms with Gasteiger partial charge in [-0.1, -0.05) is 12.1 Å². The third-order valence-corrected chi connectivity index (χ3v) is 3.25. The van der Waals surface area contributed by atoms with Crippen molar-refractivity contribution in [2.24, 2.45) is 0 Å². The Balaban J connectivity index is 3.51. The fraction of sp³-hybridized carbons (Fsp3) is 0.167. The van der Waals surface area contributed by atoms with E-state index >= 15 is 0 Å². The second kappa shape index (κ2) is 7.92. The highest BCUT2D eigenvalue weighted by molar-refractivity contribution is 5.95. The Morgan fingerprint density at radius 2 is 1.12 bits per heavy atom. The fourth-order valence-corrected chi connectivity index (χ4v) is 1.84. The summed E-state index contributed by atoms with van der Waals surface area (Å²) in [6, 6.07) is 4.87. The third kappa shape index (κ3) is 5.24. The van der Waals surface area contributed by atoms with Crippen LogP contribution in [0, 0.1) is 0 Å². The van der Waals surface area contributed by atoms with Crippen LogP contribution in [-0.4, -0.2) is 33.2 Å². The second-order valence-electron chi connectivity index (χ2n) is 5.29. The van der Waals surface area contributed by atoms with Crippen LogP contribution < -0.4 is 0 Å². The van der Waals surface area contributed by atoms with Crippen molar-refractivity contribution < 1.29 is 29.7 Å². The van der Waals surface area contributed by atoms with E-state index < -0.39 is 17.9 Å². The van der Waals surface area contributed by atoms with E-state index in [0.29, 0.717) is 16.7 Å². The summed E-state index contributed by atoms with van der Waals surface area (Å²) in [6.45, 7) is 4.30. The summed E-state index contributed by atoms with van der Waals surface area (Å²) in [5, 5.41) is 26.9. The number of carboxylic acid groups (broad SMARTS) is 3. The molecule has 1 aromatic rings. The van der Waals surface area contributed by atoms with Crippen LogP contribution in [0.5, 0.6) is 0 Å². The Bertz CT molecular complexity index is 781. The Hall–Kier alpha value is -3.15. The van der Waals surface area contributed by atoms with Gasteiger partial charge in [0.2, 0.25) is 0 Å². The molecule has 1 rings (SSSR count). The number of rotatable bonds is 6. The van der Waals surface area contributed by atoms with Crippen LogP contribution in [0.15, 0.2) is 34.9 Å². The van der Waals surface area contributed by atoms with Gasteiger partial charge >= 0.3 is 17.9 Å². The summed E-state index contributed by atoms with van der Waals surface area (Å²) < 4.78 is 0. The molecule has 0 atom stereocenters. The van der Waals surface area contributed by atoms with Crippen molar-refractivity contribution in [3.05, 3.63) is 51.6 Å². The first-order valence-electron chi connectivity index (χ1n) is 7.00. The molecule has 0 aromatic heterocycles. The topological polar surface area (TPSA) is 112 Å². The summed E-state index contributed by atoms with van der Waals surface area (Å²) in [6.07, 6.45) is 4.30. The van der Waals surface area contributed by atoms with Gasteiger partial charge in [0.1, 0.15) is 0 Å². The maximum Gasteiger partial charge on any atom is 0.331 e. The molecular weight excluding hydrogens is 312 g/mol. The molecule has 6 nitrogen and oxygen atoms in total. The molecule has 0 bridgehead atoms. The highest BCUT2D eigenvalue weighted by atomic mass is 16.4. The first-order chi connectivity index (χ1) is 11.1. The van der Waals surface area contributed by atoms with Gasteiger partial charge in [-0.25, -0.2) is 14.4 Å². The minimum atomic E-state index is -1.09. The average Bonchev–Trinajstić information content (AvgIpc) is 2.49. The van der Waals surface area contributed by atoms with Gasteiger partial charge in [0.25, 0.3) is 0 Å². The molecule has 0 spiro atoms. The zero-order valence-corrected chi connectivity index (χ0v) is 13.5. The molecule has 0 unspecified atom stereocenters. The lowest BCUT2D eigenvalue weighted by Gasteiger charge is -2.06. The number of benzene rings is 1. The van der Waals surface area contributed by atoms with Crippen LogP contribution in [0.2, 0.25) is 0 Å². The van der Waals surface area contributed by atoms with Crippen molar-refractivity contribution in [1.82, 2.24) is 0 Å². The number of hydrogen-bond acceptors (Lipinski definition) is 3. The summed E-state index contributed by atoms with van der Waals surface area (Å²) in [5.74, 6) is -3.23. The SMILES string of the molecule is C/C(=C\c1ccc(/C=C(\C)C(=O)O)c(/C=C(\C)C(=O)O)c1)C(=O)O. The number of aliphatic carboxylic acids is 3. The fourth-order valence-electron chi connectivity index (χ4n) is 1.84. The Morgan fingerprint density at radius 3 is 1.58 bits per heavy atom. The maximum atomic E-state index is 11.0. The van der Waals surface area contributed by atoms with Crippen molar-refractivity contribution in [3.8, 4) is 0 Å². The molecule has 0 amide bonds. The molecular formula is C18H18O6. The lowest BCUT2D eigenvalue weighted by molar-refractivity contribution is -0.133. The van der Waals surface area contributed by atoms with Crippen molar-refractivity contribution in [2.75, 3.05) is 0 Å². The minimum absolute atomic E-state index is 0.0775. The number of carboxylic acids is 3. The second-order valence-corrected chi connectivity index (χ2v) is 5.29. The summed E-state index contributed by atoms with van der Waals surface area (Å²) >= 11 is 0. The predicted molar refractivity (Wildman–Crippen MR) is 90.3 cm³/mol. The van der Waals surface area contributed by atoms with E-state index in [-0.39, 0.29) is 16.7 Å². The molecule has 126 valence electrons. The molecule has 1 aromatic carbocycles. The quantitative estimate of drug-likeness (QED) is 0.691. The van der Waals surface area contributed by atoms with Crippen molar-refractivity contribution in [2.45, 2.75) is 20.8 Å². The van der Waals surface area contributed by atoms with Gasteiger partial charge in [-0.15, -0.1) is 0 Å². The van der Waals surface area contributed by atoms with Crippen LogP contribution in [-0.2, 0) is 14.4 Å². The lowest BCUT2D eigenvalue weighted by Crippen LogP contribution is -1.99. The Kier molecular flexibility index (Phi) is 6.23. The van der Waals surface area contributed by atoms with Gasteiger partial charge < -0.3 is 15.3 Å². The molecule has 0 fully saturated rings. The lowest BCUT2D eigenvalue weighted by atomic mass is 9.99. The first-order valence-corrected chi connectivity index (χ1v) is 7.00.